The Bertz CT molecular complexity index is 605. The van der Waals surface area contributed by atoms with Crippen molar-refractivity contribution in [2.75, 3.05) is 39.8 Å². The van der Waals surface area contributed by atoms with Gasteiger partial charge in [-0.25, -0.2) is 0 Å². The van der Waals surface area contributed by atoms with Gasteiger partial charge in [0.2, 0.25) is 11.8 Å². The van der Waals surface area contributed by atoms with Crippen molar-refractivity contribution in [3.05, 3.63) is 35.9 Å². The summed E-state index contributed by atoms with van der Waals surface area (Å²) in [6.07, 6.45) is 3.16. The van der Waals surface area contributed by atoms with Crippen LogP contribution in [0.15, 0.2) is 30.3 Å². The van der Waals surface area contributed by atoms with Crippen LogP contribution in [0.4, 0.5) is 0 Å². The minimum absolute atomic E-state index is 0.0260. The number of benzene rings is 1. The van der Waals surface area contributed by atoms with Crippen molar-refractivity contribution in [2.45, 2.75) is 19.9 Å². The van der Waals surface area contributed by atoms with E-state index in [4.69, 9.17) is 4.74 Å². The highest BCUT2D eigenvalue weighted by atomic mass is 16.5. The average Bonchev–Trinajstić information content (AvgIpc) is 2.66. The molecule has 1 fully saturated rings. The number of amides is 2. The van der Waals surface area contributed by atoms with Gasteiger partial charge in [0.05, 0.1) is 7.11 Å². The predicted molar refractivity (Wildman–Crippen MR) is 98.3 cm³/mol. The summed E-state index contributed by atoms with van der Waals surface area (Å²) in [5.74, 6) is 0.467. The topological polar surface area (TPSA) is 61.9 Å². The Morgan fingerprint density at radius 2 is 1.84 bits per heavy atom. The molecule has 1 N–H and O–H groups in total. The molecule has 1 atom stereocenters. The monoisotopic (exact) mass is 345 g/mol. The SMILES string of the molecule is CCN1CCN(C(=O)C(C)NC(=O)C=Cc2ccc(OC)cc2)CC1. The van der Waals surface area contributed by atoms with E-state index in [1.165, 1.54) is 6.08 Å². The first-order valence-corrected chi connectivity index (χ1v) is 8.67. The van der Waals surface area contributed by atoms with Gasteiger partial charge in [-0.3, -0.25) is 9.59 Å². The number of hydrogen-bond donors (Lipinski definition) is 1. The highest BCUT2D eigenvalue weighted by Gasteiger charge is 2.24. The molecule has 1 unspecified atom stereocenters. The van der Waals surface area contributed by atoms with E-state index >= 15 is 0 Å². The van der Waals surface area contributed by atoms with Gasteiger partial charge in [-0.1, -0.05) is 19.1 Å². The van der Waals surface area contributed by atoms with Gasteiger partial charge in [-0.2, -0.15) is 0 Å². The summed E-state index contributed by atoms with van der Waals surface area (Å²) >= 11 is 0. The number of methoxy groups -OCH3 is 1. The van der Waals surface area contributed by atoms with Gasteiger partial charge in [0, 0.05) is 32.3 Å². The molecular weight excluding hydrogens is 318 g/mol. The van der Waals surface area contributed by atoms with Crippen LogP contribution in [0, 0.1) is 0 Å². The first-order valence-electron chi connectivity index (χ1n) is 8.67. The number of nitrogens with zero attached hydrogens (tertiary/aromatic N) is 2. The van der Waals surface area contributed by atoms with Gasteiger partial charge in [-0.05, 0) is 37.2 Å². The van der Waals surface area contributed by atoms with Crippen molar-refractivity contribution in [3.63, 3.8) is 0 Å². The van der Waals surface area contributed by atoms with Gasteiger partial charge in [0.15, 0.2) is 0 Å². The first kappa shape index (κ1) is 19.0. The van der Waals surface area contributed by atoms with E-state index in [-0.39, 0.29) is 11.8 Å². The zero-order valence-corrected chi connectivity index (χ0v) is 15.2. The number of ether oxygens (including phenoxy) is 1. The first-order chi connectivity index (χ1) is 12.0. The van der Waals surface area contributed by atoms with Crippen molar-refractivity contribution in [3.8, 4) is 5.75 Å². The van der Waals surface area contributed by atoms with Crippen LogP contribution >= 0.6 is 0 Å². The molecule has 1 aliphatic rings. The fourth-order valence-corrected chi connectivity index (χ4v) is 2.77. The van der Waals surface area contributed by atoms with Gasteiger partial charge in [-0.15, -0.1) is 0 Å². The Hall–Kier alpha value is -2.34. The molecule has 1 aliphatic heterocycles. The molecule has 25 heavy (non-hydrogen) atoms. The molecule has 136 valence electrons. The summed E-state index contributed by atoms with van der Waals surface area (Å²) in [7, 11) is 1.61. The normalized spacial score (nSPS) is 16.7. The lowest BCUT2D eigenvalue weighted by Gasteiger charge is -2.35. The summed E-state index contributed by atoms with van der Waals surface area (Å²) in [5, 5.41) is 2.74. The quantitative estimate of drug-likeness (QED) is 0.791. The molecule has 1 saturated heterocycles. The lowest BCUT2D eigenvalue weighted by molar-refractivity contribution is -0.136. The third-order valence-corrected chi connectivity index (χ3v) is 4.40. The predicted octanol–water partition coefficient (Wildman–Crippen LogP) is 1.38. The van der Waals surface area contributed by atoms with Crippen LogP contribution in [0.1, 0.15) is 19.4 Å². The lowest BCUT2D eigenvalue weighted by atomic mass is 10.2. The van der Waals surface area contributed by atoms with Crippen LogP contribution < -0.4 is 10.1 Å². The summed E-state index contributed by atoms with van der Waals surface area (Å²) in [4.78, 5) is 28.6. The van der Waals surface area contributed by atoms with E-state index in [1.54, 1.807) is 20.1 Å². The molecular formula is C19H27N3O3. The summed E-state index contributed by atoms with van der Waals surface area (Å²) in [5.41, 5.74) is 0.894. The van der Waals surface area contributed by atoms with Crippen molar-refractivity contribution >= 4 is 17.9 Å². The van der Waals surface area contributed by atoms with Gasteiger partial charge in [0.1, 0.15) is 11.8 Å². The molecule has 0 saturated carbocycles. The average molecular weight is 345 g/mol. The van der Waals surface area contributed by atoms with Crippen LogP contribution in [0.5, 0.6) is 5.75 Å². The molecule has 0 aliphatic carbocycles. The van der Waals surface area contributed by atoms with Crippen LogP contribution in [0.3, 0.4) is 0 Å². The van der Waals surface area contributed by atoms with E-state index in [0.717, 1.165) is 30.9 Å². The fraction of sp³-hybridized carbons (Fsp3) is 0.474. The maximum atomic E-state index is 12.4. The number of carbonyl (C=O) groups is 2. The smallest absolute Gasteiger partial charge is 0.244 e. The molecule has 0 aromatic heterocycles. The number of rotatable bonds is 6. The van der Waals surface area contributed by atoms with E-state index in [0.29, 0.717) is 13.1 Å². The highest BCUT2D eigenvalue weighted by Crippen LogP contribution is 2.12. The van der Waals surface area contributed by atoms with Gasteiger partial charge < -0.3 is 19.9 Å². The van der Waals surface area contributed by atoms with Crippen molar-refractivity contribution in [1.29, 1.82) is 0 Å². The minimum Gasteiger partial charge on any atom is -0.497 e. The third kappa shape index (κ3) is 5.60. The van der Waals surface area contributed by atoms with E-state index in [2.05, 4.69) is 17.1 Å². The van der Waals surface area contributed by atoms with Crippen molar-refractivity contribution < 1.29 is 14.3 Å². The standard InChI is InChI=1S/C19H27N3O3/c1-4-21-11-13-22(14-12-21)19(24)15(2)20-18(23)10-7-16-5-8-17(25-3)9-6-16/h5-10,15H,4,11-14H2,1-3H3,(H,20,23). The second-order valence-electron chi connectivity index (χ2n) is 6.10. The summed E-state index contributed by atoms with van der Waals surface area (Å²) in [6, 6.07) is 6.87. The number of nitrogens with one attached hydrogen (secondary N) is 1. The second kappa shape index (κ2) is 9.22. The van der Waals surface area contributed by atoms with E-state index in [1.807, 2.05) is 29.2 Å². The van der Waals surface area contributed by atoms with Gasteiger partial charge >= 0.3 is 0 Å². The highest BCUT2D eigenvalue weighted by molar-refractivity contribution is 5.95. The molecule has 0 spiro atoms. The van der Waals surface area contributed by atoms with Crippen LogP contribution in [-0.4, -0.2) is 67.5 Å². The Labute approximate surface area is 149 Å². The molecule has 1 heterocycles. The van der Waals surface area contributed by atoms with Crippen LogP contribution in [0.25, 0.3) is 6.08 Å². The molecule has 0 radical (unpaired) electrons. The third-order valence-electron chi connectivity index (χ3n) is 4.40. The largest absolute Gasteiger partial charge is 0.497 e. The van der Waals surface area contributed by atoms with Crippen molar-refractivity contribution in [2.24, 2.45) is 0 Å². The zero-order chi connectivity index (χ0) is 18.2. The molecule has 1 aromatic rings. The Balaban J connectivity index is 1.82. The molecule has 1 aromatic carbocycles. The van der Waals surface area contributed by atoms with Gasteiger partial charge in [0.25, 0.3) is 0 Å². The Kier molecular flexibility index (Phi) is 7.01. The second-order valence-corrected chi connectivity index (χ2v) is 6.10. The molecule has 2 amide bonds. The maximum Gasteiger partial charge on any atom is 0.244 e. The number of piperazine rings is 1. The van der Waals surface area contributed by atoms with Crippen molar-refractivity contribution in [1.82, 2.24) is 15.1 Å². The zero-order valence-electron chi connectivity index (χ0n) is 15.2. The Morgan fingerprint density at radius 3 is 2.40 bits per heavy atom. The molecule has 6 heteroatoms. The number of carbonyl (C=O) groups excluding carboxylic acids is 2. The molecule has 2 rings (SSSR count). The van der Waals surface area contributed by atoms with E-state index in [9.17, 15) is 9.59 Å². The summed E-state index contributed by atoms with van der Waals surface area (Å²) in [6.45, 7) is 8.07. The lowest BCUT2D eigenvalue weighted by Crippen LogP contribution is -2.53. The van der Waals surface area contributed by atoms with Crippen LogP contribution in [-0.2, 0) is 9.59 Å². The minimum atomic E-state index is -0.527. The number of likely N-dealkylation sites (N-methyl/N-ethyl adjacent to an activating group) is 1. The van der Waals surface area contributed by atoms with E-state index < -0.39 is 6.04 Å². The molecule has 6 nitrogen and oxygen atoms in total. The Morgan fingerprint density at radius 1 is 1.20 bits per heavy atom. The summed E-state index contributed by atoms with van der Waals surface area (Å²) < 4.78 is 5.10. The molecule has 0 bridgehead atoms. The fourth-order valence-electron chi connectivity index (χ4n) is 2.77. The van der Waals surface area contributed by atoms with Crippen LogP contribution in [0.2, 0.25) is 0 Å². The maximum absolute atomic E-state index is 12.4. The number of hydrogen-bond acceptors (Lipinski definition) is 4.